The standard InChI is InChI=1S/C14H15Cl2NO4/c1-8-5-17(6-10(8)14(19)20)13(18)7-21-9-2-3-11(15)12(16)4-9/h2-4,8,10H,5-7H2,1H3,(H,19,20). The Morgan fingerprint density at radius 3 is 2.62 bits per heavy atom. The molecule has 21 heavy (non-hydrogen) atoms. The minimum atomic E-state index is -0.872. The number of aliphatic carboxylic acids is 1. The molecule has 1 saturated heterocycles. The molecule has 1 heterocycles. The molecule has 1 aliphatic heterocycles. The van der Waals surface area contributed by atoms with Crippen LogP contribution in [0.3, 0.4) is 0 Å². The zero-order valence-electron chi connectivity index (χ0n) is 11.4. The van der Waals surface area contributed by atoms with Gasteiger partial charge in [-0.1, -0.05) is 30.1 Å². The number of carbonyl (C=O) groups is 2. The first-order valence-corrected chi connectivity index (χ1v) is 7.22. The maximum absolute atomic E-state index is 12.0. The number of likely N-dealkylation sites (tertiary alicyclic amines) is 1. The van der Waals surface area contributed by atoms with E-state index in [-0.39, 0.29) is 25.0 Å². The SMILES string of the molecule is CC1CN(C(=O)COc2ccc(Cl)c(Cl)c2)CC1C(=O)O. The average Bonchev–Trinajstić information content (AvgIpc) is 2.82. The van der Waals surface area contributed by atoms with E-state index in [2.05, 4.69) is 0 Å². The molecule has 0 aromatic heterocycles. The molecule has 2 unspecified atom stereocenters. The second-order valence-electron chi connectivity index (χ2n) is 5.09. The van der Waals surface area contributed by atoms with Gasteiger partial charge in [-0.15, -0.1) is 0 Å². The van der Waals surface area contributed by atoms with Gasteiger partial charge in [-0.05, 0) is 18.1 Å². The fraction of sp³-hybridized carbons (Fsp3) is 0.429. The Labute approximate surface area is 132 Å². The molecule has 0 saturated carbocycles. The van der Waals surface area contributed by atoms with Crippen LogP contribution >= 0.6 is 23.2 Å². The summed E-state index contributed by atoms with van der Waals surface area (Å²) in [5.74, 6) is -1.24. The number of carboxylic acid groups (broad SMARTS) is 1. The molecule has 1 aliphatic rings. The lowest BCUT2D eigenvalue weighted by Crippen LogP contribution is -2.33. The first-order valence-electron chi connectivity index (χ1n) is 6.47. The van der Waals surface area contributed by atoms with Crippen molar-refractivity contribution in [1.82, 2.24) is 4.90 Å². The number of nitrogens with zero attached hydrogens (tertiary/aromatic N) is 1. The smallest absolute Gasteiger partial charge is 0.308 e. The van der Waals surface area contributed by atoms with Crippen LogP contribution in [0.4, 0.5) is 0 Å². The third kappa shape index (κ3) is 3.80. The van der Waals surface area contributed by atoms with Gasteiger partial charge in [0, 0.05) is 19.2 Å². The molecule has 0 spiro atoms. The second kappa shape index (κ2) is 6.54. The molecule has 1 N–H and O–H groups in total. The van der Waals surface area contributed by atoms with E-state index >= 15 is 0 Å². The Hall–Kier alpha value is -1.46. The maximum atomic E-state index is 12.0. The normalized spacial score (nSPS) is 21.4. The van der Waals surface area contributed by atoms with E-state index in [0.717, 1.165) is 0 Å². The number of carboxylic acids is 1. The number of carbonyl (C=O) groups excluding carboxylic acids is 1. The molecule has 2 atom stereocenters. The highest BCUT2D eigenvalue weighted by Gasteiger charge is 2.36. The molecular formula is C14H15Cl2NO4. The molecule has 0 aliphatic carbocycles. The van der Waals surface area contributed by atoms with E-state index in [4.69, 9.17) is 33.0 Å². The van der Waals surface area contributed by atoms with Gasteiger partial charge in [0.15, 0.2) is 6.61 Å². The van der Waals surface area contributed by atoms with E-state index in [1.165, 1.54) is 11.0 Å². The summed E-state index contributed by atoms with van der Waals surface area (Å²) in [7, 11) is 0. The van der Waals surface area contributed by atoms with E-state index in [9.17, 15) is 9.59 Å². The lowest BCUT2D eigenvalue weighted by atomic mass is 9.99. The van der Waals surface area contributed by atoms with Crippen molar-refractivity contribution in [3.63, 3.8) is 0 Å². The van der Waals surface area contributed by atoms with Crippen LogP contribution in [0.1, 0.15) is 6.92 Å². The number of hydrogen-bond acceptors (Lipinski definition) is 3. The number of halogens is 2. The Morgan fingerprint density at radius 2 is 2.05 bits per heavy atom. The zero-order chi connectivity index (χ0) is 15.6. The monoisotopic (exact) mass is 331 g/mol. The van der Waals surface area contributed by atoms with Crippen molar-refractivity contribution in [2.75, 3.05) is 19.7 Å². The van der Waals surface area contributed by atoms with Crippen LogP contribution in [0.5, 0.6) is 5.75 Å². The lowest BCUT2D eigenvalue weighted by Gasteiger charge is -2.16. The Kier molecular flexibility index (Phi) is 4.96. The predicted octanol–water partition coefficient (Wildman–Crippen LogP) is 2.55. The van der Waals surface area contributed by atoms with Crippen molar-refractivity contribution < 1.29 is 19.4 Å². The largest absolute Gasteiger partial charge is 0.484 e. The summed E-state index contributed by atoms with van der Waals surface area (Å²) in [6.45, 7) is 2.32. The molecule has 1 aromatic carbocycles. The van der Waals surface area contributed by atoms with Crippen molar-refractivity contribution in [1.29, 1.82) is 0 Å². The highest BCUT2D eigenvalue weighted by atomic mass is 35.5. The fourth-order valence-corrected chi connectivity index (χ4v) is 2.58. The number of benzene rings is 1. The van der Waals surface area contributed by atoms with E-state index in [1.807, 2.05) is 6.92 Å². The van der Waals surface area contributed by atoms with Crippen LogP contribution in [-0.2, 0) is 9.59 Å². The second-order valence-corrected chi connectivity index (χ2v) is 5.90. The molecular weight excluding hydrogens is 317 g/mol. The molecule has 1 amide bonds. The van der Waals surface area contributed by atoms with Crippen molar-refractivity contribution in [3.05, 3.63) is 28.2 Å². The first kappa shape index (κ1) is 15.9. The van der Waals surface area contributed by atoms with Gasteiger partial charge in [-0.25, -0.2) is 0 Å². The number of hydrogen-bond donors (Lipinski definition) is 1. The predicted molar refractivity (Wildman–Crippen MR) is 78.8 cm³/mol. The molecule has 1 fully saturated rings. The van der Waals surface area contributed by atoms with Gasteiger partial charge in [0.1, 0.15) is 5.75 Å². The van der Waals surface area contributed by atoms with Crippen molar-refractivity contribution in [2.24, 2.45) is 11.8 Å². The first-order chi connectivity index (χ1) is 9.88. The van der Waals surface area contributed by atoms with Crippen LogP contribution in [0, 0.1) is 11.8 Å². The summed E-state index contributed by atoms with van der Waals surface area (Å²) in [5, 5.41) is 9.81. The quantitative estimate of drug-likeness (QED) is 0.920. The summed E-state index contributed by atoms with van der Waals surface area (Å²) >= 11 is 11.6. The van der Waals surface area contributed by atoms with Crippen molar-refractivity contribution in [2.45, 2.75) is 6.92 Å². The van der Waals surface area contributed by atoms with Gasteiger partial charge in [-0.2, -0.15) is 0 Å². The van der Waals surface area contributed by atoms with Crippen LogP contribution < -0.4 is 4.74 Å². The van der Waals surface area contributed by atoms with Crippen LogP contribution in [0.2, 0.25) is 10.0 Å². The fourth-order valence-electron chi connectivity index (χ4n) is 2.29. The van der Waals surface area contributed by atoms with E-state index in [1.54, 1.807) is 12.1 Å². The number of amides is 1. The highest BCUT2D eigenvalue weighted by Crippen LogP contribution is 2.27. The van der Waals surface area contributed by atoms with Crippen molar-refractivity contribution in [3.8, 4) is 5.75 Å². The summed E-state index contributed by atoms with van der Waals surface area (Å²) in [6, 6.07) is 4.74. The van der Waals surface area contributed by atoms with Gasteiger partial charge >= 0.3 is 5.97 Å². The molecule has 0 radical (unpaired) electrons. The molecule has 114 valence electrons. The molecule has 5 nitrogen and oxygen atoms in total. The Balaban J connectivity index is 1.90. The van der Waals surface area contributed by atoms with Gasteiger partial charge in [0.2, 0.25) is 0 Å². The summed E-state index contributed by atoms with van der Waals surface area (Å²) in [5.41, 5.74) is 0. The minimum Gasteiger partial charge on any atom is -0.484 e. The summed E-state index contributed by atoms with van der Waals surface area (Å²) in [4.78, 5) is 24.6. The summed E-state index contributed by atoms with van der Waals surface area (Å²) < 4.78 is 5.37. The maximum Gasteiger partial charge on any atom is 0.308 e. The van der Waals surface area contributed by atoms with Gasteiger partial charge < -0.3 is 14.7 Å². The van der Waals surface area contributed by atoms with Gasteiger partial charge in [0.25, 0.3) is 5.91 Å². The van der Waals surface area contributed by atoms with Gasteiger partial charge in [0.05, 0.1) is 16.0 Å². The third-order valence-corrected chi connectivity index (χ3v) is 4.27. The Bertz CT molecular complexity index is 564. The highest BCUT2D eigenvalue weighted by molar-refractivity contribution is 6.42. The van der Waals surface area contributed by atoms with Crippen molar-refractivity contribution >= 4 is 35.1 Å². The molecule has 2 rings (SSSR count). The number of rotatable bonds is 4. The minimum absolute atomic E-state index is 0.0589. The van der Waals surface area contributed by atoms with Crippen LogP contribution in [0.25, 0.3) is 0 Å². The topological polar surface area (TPSA) is 66.8 Å². The number of ether oxygens (including phenoxy) is 1. The average molecular weight is 332 g/mol. The third-order valence-electron chi connectivity index (χ3n) is 3.54. The summed E-state index contributed by atoms with van der Waals surface area (Å²) in [6.07, 6.45) is 0. The van der Waals surface area contributed by atoms with Gasteiger partial charge in [-0.3, -0.25) is 9.59 Å². The molecule has 0 bridgehead atoms. The van der Waals surface area contributed by atoms with Crippen LogP contribution in [0.15, 0.2) is 18.2 Å². The van der Waals surface area contributed by atoms with Crippen LogP contribution in [-0.4, -0.2) is 41.6 Å². The molecule has 7 heteroatoms. The zero-order valence-corrected chi connectivity index (χ0v) is 12.9. The van der Waals surface area contributed by atoms with E-state index < -0.39 is 11.9 Å². The lowest BCUT2D eigenvalue weighted by molar-refractivity contribution is -0.142. The Morgan fingerprint density at radius 1 is 1.33 bits per heavy atom. The van der Waals surface area contributed by atoms with E-state index in [0.29, 0.717) is 22.3 Å². The molecule has 1 aromatic rings.